The smallest absolute Gasteiger partial charge is 0.320 e. The second-order valence-corrected chi connectivity index (χ2v) is 2.71. The van der Waals surface area contributed by atoms with Crippen LogP contribution in [-0.2, 0) is 4.79 Å². The lowest BCUT2D eigenvalue weighted by molar-refractivity contribution is -0.138. The van der Waals surface area contributed by atoms with Crippen LogP contribution < -0.4 is 5.73 Å². The summed E-state index contributed by atoms with van der Waals surface area (Å²) in [5, 5.41) is 8.27. The van der Waals surface area contributed by atoms with Gasteiger partial charge in [0.15, 0.2) is 0 Å². The molecule has 0 bridgehead atoms. The number of carboxylic acid groups (broad SMARTS) is 1. The summed E-state index contributed by atoms with van der Waals surface area (Å²) in [6.07, 6.45) is 2.48. The van der Waals surface area contributed by atoms with Gasteiger partial charge in [0.1, 0.15) is 6.04 Å². The highest BCUT2D eigenvalue weighted by Crippen LogP contribution is 1.97. The fourth-order valence-electron chi connectivity index (χ4n) is 0.368. The summed E-state index contributed by atoms with van der Waals surface area (Å²) in [5.41, 5.74) is 5.19. The minimum atomic E-state index is -0.913. The van der Waals surface area contributed by atoms with Gasteiger partial charge in [-0.2, -0.15) is 11.8 Å². The third-order valence-electron chi connectivity index (χ3n) is 0.950. The van der Waals surface area contributed by atoms with Crippen molar-refractivity contribution < 1.29 is 9.90 Å². The van der Waals surface area contributed by atoms with E-state index in [1.54, 1.807) is 11.8 Å². The quantitative estimate of drug-likeness (QED) is 0.560. The molecule has 0 aliphatic rings. The van der Waals surface area contributed by atoms with Crippen molar-refractivity contribution in [1.82, 2.24) is 0 Å². The zero-order chi connectivity index (χ0) is 7.28. The van der Waals surface area contributed by atoms with E-state index in [2.05, 4.69) is 0 Å². The van der Waals surface area contributed by atoms with Gasteiger partial charge in [0.2, 0.25) is 0 Å². The summed E-state index contributed by atoms with van der Waals surface area (Å²) >= 11 is 1.60. The molecule has 1 atom stereocenters. The third kappa shape index (κ3) is 4.29. The highest BCUT2D eigenvalue weighted by molar-refractivity contribution is 7.98. The summed E-state index contributed by atoms with van der Waals surface area (Å²) in [4.78, 5) is 10.1. The Hall–Kier alpha value is -0.220. The first kappa shape index (κ1) is 8.78. The maximum absolute atomic E-state index is 10.1. The van der Waals surface area contributed by atoms with Crippen LogP contribution in [0.3, 0.4) is 0 Å². The maximum atomic E-state index is 10.1. The van der Waals surface area contributed by atoms with Crippen LogP contribution in [0.15, 0.2) is 0 Å². The van der Waals surface area contributed by atoms with Crippen LogP contribution in [0, 0.1) is 0 Å². The van der Waals surface area contributed by atoms with Crippen molar-refractivity contribution in [3.05, 3.63) is 0 Å². The molecular formula is C5H11NO2S. The number of rotatable bonds is 4. The van der Waals surface area contributed by atoms with Crippen LogP contribution in [0.2, 0.25) is 0 Å². The SMILES string of the molecule is CSCC[13C@H](N)C(=O)O. The number of hydrogen-bond donors (Lipinski definition) is 2. The van der Waals surface area contributed by atoms with Crippen molar-refractivity contribution in [1.29, 1.82) is 0 Å². The Labute approximate surface area is 58.6 Å². The standard InChI is InChI=1S/C5H11NO2S/c1-9-3-2-4(6)5(7)8/h4H,2-3,6H2,1H3,(H,7,8)/t4-/m0/s1/i4+1. The summed E-state index contributed by atoms with van der Waals surface area (Å²) in [5.74, 6) is -0.1000. The highest BCUT2D eigenvalue weighted by atomic mass is 32.2. The Balaban J connectivity index is 3.27. The Morgan fingerprint density at radius 2 is 2.44 bits per heavy atom. The average Bonchev–Trinajstić information content (AvgIpc) is 1.82. The number of carbonyl (C=O) groups is 1. The van der Waals surface area contributed by atoms with Crippen molar-refractivity contribution >= 4 is 17.7 Å². The second-order valence-electron chi connectivity index (χ2n) is 1.73. The van der Waals surface area contributed by atoms with Crippen LogP contribution in [0.5, 0.6) is 0 Å². The van der Waals surface area contributed by atoms with Crippen molar-refractivity contribution in [3.63, 3.8) is 0 Å². The van der Waals surface area contributed by atoms with Crippen LogP contribution in [0.1, 0.15) is 6.42 Å². The number of aliphatic carboxylic acids is 1. The highest BCUT2D eigenvalue weighted by Gasteiger charge is 2.08. The second kappa shape index (κ2) is 4.64. The average molecular weight is 150 g/mol. The molecule has 0 aliphatic heterocycles. The molecular weight excluding hydrogens is 139 g/mol. The van der Waals surface area contributed by atoms with Crippen LogP contribution in [-0.4, -0.2) is 29.1 Å². The molecule has 0 amide bonds. The molecule has 0 rings (SSSR count). The Bertz CT molecular complexity index is 97.0. The predicted molar refractivity (Wildman–Crippen MR) is 38.6 cm³/mol. The first-order valence-electron chi connectivity index (χ1n) is 2.65. The van der Waals surface area contributed by atoms with E-state index < -0.39 is 12.0 Å². The van der Waals surface area contributed by atoms with Crippen molar-refractivity contribution in [2.45, 2.75) is 12.5 Å². The Morgan fingerprint density at radius 3 is 2.78 bits per heavy atom. The molecule has 0 aliphatic carbocycles. The van der Waals surface area contributed by atoms with Gasteiger partial charge < -0.3 is 10.8 Å². The van der Waals surface area contributed by atoms with Gasteiger partial charge in [0, 0.05) is 0 Å². The van der Waals surface area contributed by atoms with E-state index >= 15 is 0 Å². The Morgan fingerprint density at radius 1 is 1.89 bits per heavy atom. The van der Waals surface area contributed by atoms with Gasteiger partial charge in [0.25, 0.3) is 0 Å². The third-order valence-corrected chi connectivity index (χ3v) is 1.59. The molecule has 0 fully saturated rings. The van der Waals surface area contributed by atoms with Crippen LogP contribution >= 0.6 is 11.8 Å². The van der Waals surface area contributed by atoms with E-state index in [-0.39, 0.29) is 0 Å². The van der Waals surface area contributed by atoms with Crippen molar-refractivity contribution in [2.24, 2.45) is 5.73 Å². The summed E-state index contributed by atoms with van der Waals surface area (Å²) < 4.78 is 0. The minimum absolute atomic E-state index is 0.552. The van der Waals surface area contributed by atoms with Gasteiger partial charge in [-0.15, -0.1) is 0 Å². The van der Waals surface area contributed by atoms with Gasteiger partial charge in [-0.25, -0.2) is 0 Å². The summed E-state index contributed by atoms with van der Waals surface area (Å²) in [6.45, 7) is 0. The first-order chi connectivity index (χ1) is 4.18. The normalized spacial score (nSPS) is 13.1. The molecule has 0 heterocycles. The lowest BCUT2D eigenvalue weighted by Crippen LogP contribution is -2.30. The molecule has 0 unspecified atom stereocenters. The molecule has 0 radical (unpaired) electrons. The van der Waals surface area contributed by atoms with Crippen LogP contribution in [0.25, 0.3) is 0 Å². The monoisotopic (exact) mass is 150 g/mol. The molecule has 54 valence electrons. The van der Waals surface area contributed by atoms with Crippen LogP contribution in [0.4, 0.5) is 0 Å². The first-order valence-corrected chi connectivity index (χ1v) is 4.05. The van der Waals surface area contributed by atoms with Gasteiger partial charge in [0.05, 0.1) is 0 Å². The maximum Gasteiger partial charge on any atom is 0.320 e. The van der Waals surface area contributed by atoms with Gasteiger partial charge in [-0.05, 0) is 18.4 Å². The lowest BCUT2D eigenvalue weighted by atomic mass is 10.5. The number of hydrogen-bond acceptors (Lipinski definition) is 3. The molecule has 3 N–H and O–H groups in total. The topological polar surface area (TPSA) is 63.3 Å². The van der Waals surface area contributed by atoms with E-state index in [9.17, 15) is 4.79 Å². The molecule has 0 aromatic heterocycles. The molecule has 9 heavy (non-hydrogen) atoms. The van der Waals surface area contributed by atoms with Gasteiger partial charge in [-0.1, -0.05) is 0 Å². The minimum Gasteiger partial charge on any atom is -0.480 e. The summed E-state index contributed by atoms with van der Waals surface area (Å²) in [6, 6.07) is -0.683. The fraction of sp³-hybridized carbons (Fsp3) is 0.800. The van der Waals surface area contributed by atoms with Gasteiger partial charge in [-0.3, -0.25) is 4.79 Å². The molecule has 3 nitrogen and oxygen atoms in total. The van der Waals surface area contributed by atoms with Crippen molar-refractivity contribution in [2.75, 3.05) is 12.0 Å². The predicted octanol–water partition coefficient (Wildman–Crippen LogP) is 0.151. The summed E-state index contributed by atoms with van der Waals surface area (Å²) in [7, 11) is 0. The zero-order valence-corrected chi connectivity index (χ0v) is 6.15. The zero-order valence-electron chi connectivity index (χ0n) is 5.33. The van der Waals surface area contributed by atoms with E-state index in [0.717, 1.165) is 5.75 Å². The van der Waals surface area contributed by atoms with E-state index in [0.29, 0.717) is 6.42 Å². The molecule has 0 saturated carbocycles. The van der Waals surface area contributed by atoms with E-state index in [4.69, 9.17) is 10.8 Å². The molecule has 0 aromatic rings. The molecule has 0 saturated heterocycles. The molecule has 0 spiro atoms. The number of carboxylic acids is 1. The van der Waals surface area contributed by atoms with E-state index in [1.165, 1.54) is 0 Å². The van der Waals surface area contributed by atoms with E-state index in [1.807, 2.05) is 6.26 Å². The fourth-order valence-corrected chi connectivity index (χ4v) is 0.858. The largest absolute Gasteiger partial charge is 0.480 e. The number of thioether (sulfide) groups is 1. The van der Waals surface area contributed by atoms with Crippen molar-refractivity contribution in [3.8, 4) is 0 Å². The van der Waals surface area contributed by atoms with Gasteiger partial charge >= 0.3 is 5.97 Å². The molecule has 4 heteroatoms. The number of nitrogens with two attached hydrogens (primary N) is 1. The Kier molecular flexibility index (Phi) is 4.53. The molecule has 0 aromatic carbocycles. The lowest BCUT2D eigenvalue weighted by Gasteiger charge is -2.02.